The third-order valence-corrected chi connectivity index (χ3v) is 3.04. The second-order valence-electron chi connectivity index (χ2n) is 3.34. The molecule has 0 aliphatic rings. The number of ether oxygens (including phenoxy) is 1. The summed E-state index contributed by atoms with van der Waals surface area (Å²) >= 11 is 0.870. The number of nitrogens with zero attached hydrogens (tertiary/aromatic N) is 2. The first-order valence-electron chi connectivity index (χ1n) is 4.97. The van der Waals surface area contributed by atoms with Crippen LogP contribution in [-0.4, -0.2) is 39.5 Å². The lowest BCUT2D eigenvalue weighted by Gasteiger charge is -2.16. The van der Waals surface area contributed by atoms with Crippen molar-refractivity contribution in [1.29, 1.82) is 0 Å². The smallest absolute Gasteiger partial charge is 0.328 e. The Bertz CT molecular complexity index is 513. The van der Waals surface area contributed by atoms with E-state index in [1.54, 1.807) is 6.92 Å². The van der Waals surface area contributed by atoms with Crippen molar-refractivity contribution in [2.24, 2.45) is 0 Å². The van der Waals surface area contributed by atoms with Gasteiger partial charge in [0, 0.05) is 12.3 Å². The van der Waals surface area contributed by atoms with E-state index in [1.165, 1.54) is 23.9 Å². The molecule has 0 fully saturated rings. The molecule has 18 heavy (non-hydrogen) atoms. The molecule has 1 aromatic heterocycles. The number of methoxy groups -OCH3 is 1. The summed E-state index contributed by atoms with van der Waals surface area (Å²) < 4.78 is 5.99. The summed E-state index contributed by atoms with van der Waals surface area (Å²) in [6.45, 7) is 1.57. The first-order valence-corrected chi connectivity index (χ1v) is 5.96. The lowest BCUT2D eigenvalue weighted by Crippen LogP contribution is -2.23. The van der Waals surface area contributed by atoms with Gasteiger partial charge in [-0.25, -0.2) is 4.79 Å². The molecule has 0 aliphatic carbocycles. The van der Waals surface area contributed by atoms with Gasteiger partial charge in [-0.3, -0.25) is 9.59 Å². The highest BCUT2D eigenvalue weighted by Crippen LogP contribution is 2.18. The van der Waals surface area contributed by atoms with Gasteiger partial charge in [0.2, 0.25) is 0 Å². The van der Waals surface area contributed by atoms with Gasteiger partial charge in [-0.05, 0) is 6.92 Å². The third kappa shape index (κ3) is 3.59. The Labute approximate surface area is 107 Å². The second kappa shape index (κ2) is 6.20. The van der Waals surface area contributed by atoms with Crippen LogP contribution in [0.5, 0.6) is 0 Å². The van der Waals surface area contributed by atoms with E-state index >= 15 is 0 Å². The van der Waals surface area contributed by atoms with Crippen LogP contribution in [0.15, 0.2) is 22.2 Å². The fraction of sp³-hybridized carbons (Fsp3) is 0.400. The van der Waals surface area contributed by atoms with Crippen molar-refractivity contribution < 1.29 is 19.4 Å². The molecule has 0 aromatic carbocycles. The SMILES string of the molecule is COC(=O)C(C)n1ccc(=O)nc1SCC(=O)O. The van der Waals surface area contributed by atoms with Gasteiger partial charge in [-0.15, -0.1) is 0 Å². The van der Waals surface area contributed by atoms with Crippen molar-refractivity contribution in [2.75, 3.05) is 12.9 Å². The monoisotopic (exact) mass is 272 g/mol. The van der Waals surface area contributed by atoms with Crippen LogP contribution < -0.4 is 5.56 Å². The Kier molecular flexibility index (Phi) is 4.90. The summed E-state index contributed by atoms with van der Waals surface area (Å²) in [5.41, 5.74) is -0.490. The van der Waals surface area contributed by atoms with Crippen LogP contribution >= 0.6 is 11.8 Å². The molecule has 1 atom stereocenters. The Morgan fingerprint density at radius 1 is 1.61 bits per heavy atom. The largest absolute Gasteiger partial charge is 0.481 e. The van der Waals surface area contributed by atoms with Crippen LogP contribution in [0.25, 0.3) is 0 Å². The Balaban J connectivity index is 3.06. The maximum Gasteiger partial charge on any atom is 0.328 e. The molecule has 1 unspecified atom stereocenters. The van der Waals surface area contributed by atoms with Gasteiger partial charge < -0.3 is 14.4 Å². The molecule has 0 spiro atoms. The molecule has 0 amide bonds. The fourth-order valence-corrected chi connectivity index (χ4v) is 1.98. The van der Waals surface area contributed by atoms with Crippen LogP contribution in [0, 0.1) is 0 Å². The van der Waals surface area contributed by atoms with E-state index in [4.69, 9.17) is 5.11 Å². The van der Waals surface area contributed by atoms with Gasteiger partial charge in [0.1, 0.15) is 6.04 Å². The summed E-state index contributed by atoms with van der Waals surface area (Å²) in [5.74, 6) is -1.78. The molecule has 0 saturated carbocycles. The van der Waals surface area contributed by atoms with Gasteiger partial charge in [-0.1, -0.05) is 11.8 Å². The summed E-state index contributed by atoms with van der Waals surface area (Å²) in [7, 11) is 1.25. The van der Waals surface area contributed by atoms with E-state index in [0.717, 1.165) is 11.8 Å². The molecule has 98 valence electrons. The summed E-state index contributed by atoms with van der Waals surface area (Å²) in [6.07, 6.45) is 1.39. The van der Waals surface area contributed by atoms with Crippen LogP contribution in [0.3, 0.4) is 0 Å². The topological polar surface area (TPSA) is 98.5 Å². The minimum atomic E-state index is -1.03. The van der Waals surface area contributed by atoms with Crippen molar-refractivity contribution in [3.8, 4) is 0 Å². The minimum absolute atomic E-state index is 0.169. The van der Waals surface area contributed by atoms with E-state index in [-0.39, 0.29) is 10.9 Å². The van der Waals surface area contributed by atoms with Crippen molar-refractivity contribution in [2.45, 2.75) is 18.1 Å². The summed E-state index contributed by atoms with van der Waals surface area (Å²) in [5, 5.41) is 8.77. The summed E-state index contributed by atoms with van der Waals surface area (Å²) in [4.78, 5) is 36.7. The zero-order valence-corrected chi connectivity index (χ0v) is 10.6. The number of rotatable bonds is 5. The van der Waals surface area contributed by atoms with E-state index in [0.29, 0.717) is 0 Å². The molecule has 0 radical (unpaired) electrons. The molecule has 8 heteroatoms. The second-order valence-corrected chi connectivity index (χ2v) is 4.28. The van der Waals surface area contributed by atoms with Crippen LogP contribution in [-0.2, 0) is 14.3 Å². The zero-order chi connectivity index (χ0) is 13.7. The van der Waals surface area contributed by atoms with Crippen molar-refractivity contribution in [3.63, 3.8) is 0 Å². The van der Waals surface area contributed by atoms with Crippen molar-refractivity contribution in [1.82, 2.24) is 9.55 Å². The van der Waals surface area contributed by atoms with Gasteiger partial charge in [0.05, 0.1) is 12.9 Å². The highest BCUT2D eigenvalue weighted by Gasteiger charge is 2.18. The van der Waals surface area contributed by atoms with Crippen LogP contribution in [0.2, 0.25) is 0 Å². The maximum absolute atomic E-state index is 11.4. The zero-order valence-electron chi connectivity index (χ0n) is 9.82. The predicted molar refractivity (Wildman–Crippen MR) is 63.6 cm³/mol. The molecule has 1 rings (SSSR count). The van der Waals surface area contributed by atoms with E-state index in [2.05, 4.69) is 9.72 Å². The number of esters is 1. The van der Waals surface area contributed by atoms with E-state index < -0.39 is 23.5 Å². The Hall–Kier alpha value is -1.83. The quantitative estimate of drug-likeness (QED) is 0.463. The molecule has 1 aromatic rings. The number of carboxylic acids is 1. The normalized spacial score (nSPS) is 11.9. The number of hydrogen-bond acceptors (Lipinski definition) is 6. The first-order chi connectivity index (χ1) is 8.45. The Morgan fingerprint density at radius 3 is 2.83 bits per heavy atom. The Morgan fingerprint density at radius 2 is 2.28 bits per heavy atom. The minimum Gasteiger partial charge on any atom is -0.481 e. The highest BCUT2D eigenvalue weighted by molar-refractivity contribution is 7.99. The summed E-state index contributed by atoms with van der Waals surface area (Å²) in [6, 6.07) is 0.518. The molecule has 0 saturated heterocycles. The van der Waals surface area contributed by atoms with Crippen LogP contribution in [0.1, 0.15) is 13.0 Å². The van der Waals surface area contributed by atoms with Crippen molar-refractivity contribution >= 4 is 23.7 Å². The molecular formula is C10H12N2O5S. The number of aromatic nitrogens is 2. The van der Waals surface area contributed by atoms with Gasteiger partial charge >= 0.3 is 11.9 Å². The van der Waals surface area contributed by atoms with E-state index in [1.807, 2.05) is 0 Å². The molecule has 1 heterocycles. The first kappa shape index (κ1) is 14.2. The highest BCUT2D eigenvalue weighted by atomic mass is 32.2. The van der Waals surface area contributed by atoms with Crippen LogP contribution in [0.4, 0.5) is 0 Å². The number of aliphatic carboxylic acids is 1. The number of carboxylic acid groups (broad SMARTS) is 1. The molecule has 0 aliphatic heterocycles. The molecular weight excluding hydrogens is 260 g/mol. The van der Waals surface area contributed by atoms with Crippen molar-refractivity contribution in [3.05, 3.63) is 22.6 Å². The van der Waals surface area contributed by atoms with E-state index in [9.17, 15) is 14.4 Å². The lowest BCUT2D eigenvalue weighted by molar-refractivity contribution is -0.144. The average molecular weight is 272 g/mol. The molecule has 1 N–H and O–H groups in total. The third-order valence-electron chi connectivity index (χ3n) is 2.09. The lowest BCUT2D eigenvalue weighted by atomic mass is 10.3. The average Bonchev–Trinajstić information content (AvgIpc) is 2.34. The fourth-order valence-electron chi connectivity index (χ4n) is 1.21. The molecule has 0 bridgehead atoms. The number of thioether (sulfide) groups is 1. The number of hydrogen-bond donors (Lipinski definition) is 1. The standard InChI is InChI=1S/C10H12N2O5S/c1-6(9(16)17-2)12-4-3-7(13)11-10(12)18-5-8(14)15/h3-4,6H,5H2,1-2H3,(H,14,15). The molecule has 7 nitrogen and oxygen atoms in total. The van der Waals surface area contributed by atoms with Gasteiger partial charge in [-0.2, -0.15) is 4.98 Å². The maximum atomic E-state index is 11.4. The predicted octanol–water partition coefficient (Wildman–Crippen LogP) is 0.154. The number of carbonyl (C=O) groups is 2. The number of carbonyl (C=O) groups excluding carboxylic acids is 1. The van der Waals surface area contributed by atoms with Gasteiger partial charge in [0.15, 0.2) is 5.16 Å². The van der Waals surface area contributed by atoms with Gasteiger partial charge in [0.25, 0.3) is 5.56 Å².